The smallest absolute Gasteiger partial charge is 0.328 e. The molecule has 1 N–H and O–H groups in total. The summed E-state index contributed by atoms with van der Waals surface area (Å²) >= 11 is 1.54. The number of ether oxygens (including phenoxy) is 1. The maximum Gasteiger partial charge on any atom is 0.328 e. The molecule has 0 aromatic carbocycles. The summed E-state index contributed by atoms with van der Waals surface area (Å²) in [7, 11) is 1.36. The van der Waals surface area contributed by atoms with Crippen molar-refractivity contribution in [3.63, 3.8) is 0 Å². The Balaban J connectivity index is 2.27. The number of fused-ring (bicyclic) bond motifs is 1. The summed E-state index contributed by atoms with van der Waals surface area (Å²) in [6.45, 7) is 1.73. The average molecular weight is 237 g/mol. The molecule has 0 saturated carbocycles. The van der Waals surface area contributed by atoms with Crippen LogP contribution in [0.1, 0.15) is 6.92 Å². The first-order valence-corrected chi connectivity index (χ1v) is 5.63. The monoisotopic (exact) mass is 237 g/mol. The first kappa shape index (κ1) is 10.8. The van der Waals surface area contributed by atoms with Crippen LogP contribution in [-0.2, 0) is 9.53 Å². The average Bonchev–Trinajstić information content (AvgIpc) is 2.77. The second kappa shape index (κ2) is 4.44. The number of carbonyl (C=O) groups is 1. The lowest BCUT2D eigenvalue weighted by atomic mass is 10.3. The van der Waals surface area contributed by atoms with Gasteiger partial charge in [-0.15, -0.1) is 11.3 Å². The molecule has 0 aliphatic carbocycles. The predicted molar refractivity (Wildman–Crippen MR) is 62.5 cm³/mol. The van der Waals surface area contributed by atoms with Gasteiger partial charge in [-0.1, -0.05) is 0 Å². The van der Waals surface area contributed by atoms with Crippen molar-refractivity contribution in [3.05, 3.63) is 17.8 Å². The van der Waals surface area contributed by atoms with Crippen LogP contribution in [0.5, 0.6) is 0 Å². The van der Waals surface area contributed by atoms with Crippen LogP contribution in [0.15, 0.2) is 17.8 Å². The molecule has 0 radical (unpaired) electrons. The molecule has 2 aromatic rings. The molecular weight excluding hydrogens is 226 g/mol. The quantitative estimate of drug-likeness (QED) is 0.822. The van der Waals surface area contributed by atoms with Crippen LogP contribution in [0, 0.1) is 0 Å². The zero-order valence-corrected chi connectivity index (χ0v) is 9.75. The number of hydrogen-bond donors (Lipinski definition) is 1. The standard InChI is InChI=1S/C10H11N3O2S/c1-6(10(14)15-2)13-8-7-3-4-16-9(7)12-5-11-8/h3-6H,1-2H3,(H,11,12,13)/t6-/m0/s1. The summed E-state index contributed by atoms with van der Waals surface area (Å²) in [6.07, 6.45) is 1.48. The number of methoxy groups -OCH3 is 1. The molecule has 5 nitrogen and oxygen atoms in total. The SMILES string of the molecule is COC(=O)[C@H](C)Nc1ncnc2sccc12. The minimum Gasteiger partial charge on any atom is -0.467 e. The maximum atomic E-state index is 11.3. The summed E-state index contributed by atoms with van der Waals surface area (Å²) in [5, 5.41) is 5.86. The van der Waals surface area contributed by atoms with Crippen molar-refractivity contribution in [3.8, 4) is 0 Å². The Morgan fingerprint density at radius 2 is 2.38 bits per heavy atom. The number of rotatable bonds is 3. The highest BCUT2D eigenvalue weighted by molar-refractivity contribution is 7.16. The third kappa shape index (κ3) is 1.96. The van der Waals surface area contributed by atoms with Crippen LogP contribution < -0.4 is 5.32 Å². The van der Waals surface area contributed by atoms with Crippen LogP contribution in [0.2, 0.25) is 0 Å². The predicted octanol–water partition coefficient (Wildman–Crippen LogP) is 1.66. The molecule has 0 bridgehead atoms. The topological polar surface area (TPSA) is 64.1 Å². The molecule has 0 aliphatic heterocycles. The second-order valence-corrected chi connectivity index (χ2v) is 4.15. The van der Waals surface area contributed by atoms with Gasteiger partial charge in [0, 0.05) is 0 Å². The third-order valence-corrected chi connectivity index (χ3v) is 2.99. The minimum atomic E-state index is -0.428. The van der Waals surface area contributed by atoms with E-state index in [4.69, 9.17) is 0 Å². The van der Waals surface area contributed by atoms with Crippen LogP contribution in [-0.4, -0.2) is 29.1 Å². The fourth-order valence-electron chi connectivity index (χ4n) is 1.35. The van der Waals surface area contributed by atoms with Crippen LogP contribution >= 0.6 is 11.3 Å². The number of carbonyl (C=O) groups excluding carboxylic acids is 1. The second-order valence-electron chi connectivity index (χ2n) is 3.25. The van der Waals surface area contributed by atoms with Gasteiger partial charge in [0.05, 0.1) is 12.5 Å². The molecule has 0 fully saturated rings. The fraction of sp³-hybridized carbons (Fsp3) is 0.300. The van der Waals surface area contributed by atoms with Crippen molar-refractivity contribution in [2.24, 2.45) is 0 Å². The Kier molecular flexibility index (Phi) is 3.00. The van der Waals surface area contributed by atoms with Crippen molar-refractivity contribution in [1.82, 2.24) is 9.97 Å². The Labute approximate surface area is 96.5 Å². The first-order valence-electron chi connectivity index (χ1n) is 4.75. The lowest BCUT2D eigenvalue weighted by molar-refractivity contribution is -0.141. The summed E-state index contributed by atoms with van der Waals surface area (Å²) in [5.74, 6) is 0.339. The number of anilines is 1. The van der Waals surface area contributed by atoms with E-state index < -0.39 is 6.04 Å². The molecule has 0 aliphatic rings. The minimum absolute atomic E-state index is 0.318. The van der Waals surface area contributed by atoms with Gasteiger partial charge in [0.15, 0.2) is 0 Å². The van der Waals surface area contributed by atoms with Gasteiger partial charge in [0.1, 0.15) is 23.0 Å². The van der Waals surface area contributed by atoms with E-state index in [1.54, 1.807) is 6.92 Å². The molecule has 84 valence electrons. The van der Waals surface area contributed by atoms with E-state index in [2.05, 4.69) is 20.0 Å². The van der Waals surface area contributed by atoms with Crippen LogP contribution in [0.4, 0.5) is 5.82 Å². The molecule has 6 heteroatoms. The van der Waals surface area contributed by atoms with Crippen molar-refractivity contribution >= 4 is 33.3 Å². The molecule has 0 amide bonds. The third-order valence-electron chi connectivity index (χ3n) is 2.17. The van der Waals surface area contributed by atoms with E-state index in [0.29, 0.717) is 5.82 Å². The molecule has 0 saturated heterocycles. The number of esters is 1. The van der Waals surface area contributed by atoms with E-state index in [-0.39, 0.29) is 5.97 Å². The normalized spacial score (nSPS) is 12.4. The van der Waals surface area contributed by atoms with E-state index in [0.717, 1.165) is 10.2 Å². The van der Waals surface area contributed by atoms with E-state index in [1.807, 2.05) is 11.4 Å². The van der Waals surface area contributed by atoms with E-state index >= 15 is 0 Å². The number of aromatic nitrogens is 2. The van der Waals surface area contributed by atoms with Crippen molar-refractivity contribution in [2.75, 3.05) is 12.4 Å². The number of nitrogens with one attached hydrogen (secondary N) is 1. The summed E-state index contributed by atoms with van der Waals surface area (Å²) in [4.78, 5) is 20.4. The Morgan fingerprint density at radius 3 is 3.12 bits per heavy atom. The molecule has 16 heavy (non-hydrogen) atoms. The molecule has 0 spiro atoms. The van der Waals surface area contributed by atoms with Gasteiger partial charge < -0.3 is 10.1 Å². The van der Waals surface area contributed by atoms with Crippen molar-refractivity contribution in [1.29, 1.82) is 0 Å². The maximum absolute atomic E-state index is 11.3. The number of hydrogen-bond acceptors (Lipinski definition) is 6. The first-order chi connectivity index (χ1) is 7.72. The van der Waals surface area contributed by atoms with Gasteiger partial charge in [-0.2, -0.15) is 0 Å². The van der Waals surface area contributed by atoms with Gasteiger partial charge in [-0.05, 0) is 18.4 Å². The zero-order valence-electron chi connectivity index (χ0n) is 8.93. The number of thiophene rings is 1. The van der Waals surface area contributed by atoms with Gasteiger partial charge in [0.25, 0.3) is 0 Å². The largest absolute Gasteiger partial charge is 0.467 e. The summed E-state index contributed by atoms with van der Waals surface area (Å²) in [6, 6.07) is 1.50. The lowest BCUT2D eigenvalue weighted by Crippen LogP contribution is -2.27. The Morgan fingerprint density at radius 1 is 1.56 bits per heavy atom. The van der Waals surface area contributed by atoms with Gasteiger partial charge in [-0.25, -0.2) is 14.8 Å². The molecule has 2 rings (SSSR count). The highest BCUT2D eigenvalue weighted by atomic mass is 32.1. The highest BCUT2D eigenvalue weighted by Crippen LogP contribution is 2.24. The van der Waals surface area contributed by atoms with Crippen molar-refractivity contribution in [2.45, 2.75) is 13.0 Å². The van der Waals surface area contributed by atoms with Gasteiger partial charge in [-0.3, -0.25) is 0 Å². The Bertz CT molecular complexity index is 511. The molecular formula is C10H11N3O2S. The van der Waals surface area contributed by atoms with Gasteiger partial charge in [0.2, 0.25) is 0 Å². The fourth-order valence-corrected chi connectivity index (χ4v) is 2.08. The van der Waals surface area contributed by atoms with Crippen molar-refractivity contribution < 1.29 is 9.53 Å². The molecule has 2 heterocycles. The summed E-state index contributed by atoms with van der Waals surface area (Å²) < 4.78 is 4.64. The van der Waals surface area contributed by atoms with E-state index in [9.17, 15) is 4.79 Å². The molecule has 1 atom stereocenters. The molecule has 0 unspecified atom stereocenters. The number of nitrogens with zero attached hydrogens (tertiary/aromatic N) is 2. The summed E-state index contributed by atoms with van der Waals surface area (Å²) in [5.41, 5.74) is 0. The zero-order chi connectivity index (χ0) is 11.5. The molecule has 2 aromatic heterocycles. The van der Waals surface area contributed by atoms with E-state index in [1.165, 1.54) is 24.8 Å². The van der Waals surface area contributed by atoms with Crippen LogP contribution in [0.3, 0.4) is 0 Å². The lowest BCUT2D eigenvalue weighted by Gasteiger charge is -2.12. The Hall–Kier alpha value is -1.69. The van der Waals surface area contributed by atoms with Crippen LogP contribution in [0.25, 0.3) is 10.2 Å². The van der Waals surface area contributed by atoms with Gasteiger partial charge >= 0.3 is 5.97 Å². The highest BCUT2D eigenvalue weighted by Gasteiger charge is 2.14.